The van der Waals surface area contributed by atoms with E-state index < -0.39 is 5.91 Å². The molecular formula is C19H22N6O. The van der Waals surface area contributed by atoms with E-state index in [2.05, 4.69) is 38.4 Å². The number of benzene rings is 1. The van der Waals surface area contributed by atoms with Crippen LogP contribution in [0.15, 0.2) is 48.9 Å². The lowest BCUT2D eigenvalue weighted by Crippen LogP contribution is -2.34. The van der Waals surface area contributed by atoms with Crippen molar-refractivity contribution in [1.82, 2.24) is 24.9 Å². The molecule has 1 amide bonds. The molecule has 1 aromatic carbocycles. The second-order valence-electron chi connectivity index (χ2n) is 6.66. The van der Waals surface area contributed by atoms with Gasteiger partial charge >= 0.3 is 0 Å². The van der Waals surface area contributed by atoms with Gasteiger partial charge in [-0.3, -0.25) is 14.8 Å². The van der Waals surface area contributed by atoms with Crippen molar-refractivity contribution in [3.05, 3.63) is 65.7 Å². The molecule has 1 unspecified atom stereocenters. The standard InChI is InChI=1S/C19H22N6O/c20-19(26)16-12-21-23-18(16)17-7-1-2-9-24(17)13-14-5-3-6-15(11-14)25-10-4-8-22-25/h3-6,8,10-12,17H,1-2,7,9,13H2,(H2,20,26)(H,21,23). The van der Waals surface area contributed by atoms with E-state index in [1.807, 2.05) is 23.0 Å². The van der Waals surface area contributed by atoms with Crippen LogP contribution in [0.3, 0.4) is 0 Å². The summed E-state index contributed by atoms with van der Waals surface area (Å²) >= 11 is 0. The molecule has 3 N–H and O–H groups in total. The zero-order valence-corrected chi connectivity index (χ0v) is 14.5. The lowest BCUT2D eigenvalue weighted by Gasteiger charge is -2.35. The molecule has 1 saturated heterocycles. The lowest BCUT2D eigenvalue weighted by molar-refractivity contribution is 0.0990. The molecule has 4 rings (SSSR count). The summed E-state index contributed by atoms with van der Waals surface area (Å²) in [6, 6.07) is 10.4. The molecule has 3 aromatic rings. The molecule has 1 fully saturated rings. The van der Waals surface area contributed by atoms with E-state index in [9.17, 15) is 4.79 Å². The lowest BCUT2D eigenvalue weighted by atomic mass is 9.96. The second kappa shape index (κ2) is 7.13. The zero-order valence-electron chi connectivity index (χ0n) is 14.5. The number of rotatable bonds is 5. The van der Waals surface area contributed by atoms with Gasteiger partial charge in [0, 0.05) is 18.9 Å². The van der Waals surface area contributed by atoms with Crippen LogP contribution in [0.5, 0.6) is 0 Å². The number of aromatic nitrogens is 4. The van der Waals surface area contributed by atoms with Crippen LogP contribution in [-0.2, 0) is 6.54 Å². The van der Waals surface area contributed by atoms with E-state index in [0.29, 0.717) is 5.56 Å². The van der Waals surface area contributed by atoms with E-state index >= 15 is 0 Å². The minimum Gasteiger partial charge on any atom is -0.365 e. The fourth-order valence-corrected chi connectivity index (χ4v) is 3.71. The smallest absolute Gasteiger partial charge is 0.252 e. The van der Waals surface area contributed by atoms with Gasteiger partial charge in [-0.2, -0.15) is 10.2 Å². The zero-order chi connectivity index (χ0) is 17.9. The summed E-state index contributed by atoms with van der Waals surface area (Å²) < 4.78 is 1.86. The minimum absolute atomic E-state index is 0.127. The molecule has 26 heavy (non-hydrogen) atoms. The Labute approximate surface area is 151 Å². The van der Waals surface area contributed by atoms with Crippen LogP contribution in [0.25, 0.3) is 5.69 Å². The highest BCUT2D eigenvalue weighted by atomic mass is 16.1. The van der Waals surface area contributed by atoms with Crippen molar-refractivity contribution in [2.75, 3.05) is 6.54 Å². The molecule has 0 bridgehead atoms. The maximum Gasteiger partial charge on any atom is 0.252 e. The Hall–Kier alpha value is -2.93. The largest absolute Gasteiger partial charge is 0.365 e. The van der Waals surface area contributed by atoms with E-state index in [0.717, 1.165) is 43.7 Å². The fourth-order valence-electron chi connectivity index (χ4n) is 3.71. The Balaban J connectivity index is 1.59. The maximum atomic E-state index is 11.7. The van der Waals surface area contributed by atoms with Crippen LogP contribution < -0.4 is 5.73 Å². The number of nitrogens with one attached hydrogen (secondary N) is 1. The first-order valence-electron chi connectivity index (χ1n) is 8.88. The summed E-state index contributed by atoms with van der Waals surface area (Å²) in [5.41, 5.74) is 9.09. The molecule has 0 spiro atoms. The third-order valence-electron chi connectivity index (χ3n) is 4.95. The highest BCUT2D eigenvalue weighted by molar-refractivity contribution is 5.93. The Morgan fingerprint density at radius 3 is 3.04 bits per heavy atom. The monoisotopic (exact) mass is 350 g/mol. The normalized spacial score (nSPS) is 18.1. The average molecular weight is 350 g/mol. The van der Waals surface area contributed by atoms with Gasteiger partial charge in [0.1, 0.15) is 0 Å². The molecular weight excluding hydrogens is 328 g/mol. The predicted molar refractivity (Wildman–Crippen MR) is 97.7 cm³/mol. The number of hydrogen-bond donors (Lipinski definition) is 2. The van der Waals surface area contributed by atoms with E-state index in [4.69, 9.17) is 5.73 Å². The summed E-state index contributed by atoms with van der Waals surface area (Å²) in [5, 5.41) is 11.3. The number of amides is 1. The van der Waals surface area contributed by atoms with Crippen molar-refractivity contribution in [2.24, 2.45) is 5.73 Å². The van der Waals surface area contributed by atoms with Crippen LogP contribution in [0, 0.1) is 0 Å². The molecule has 1 atom stereocenters. The summed E-state index contributed by atoms with van der Waals surface area (Å²) in [5.74, 6) is -0.431. The van der Waals surface area contributed by atoms with Crippen LogP contribution in [0.4, 0.5) is 0 Å². The summed E-state index contributed by atoms with van der Waals surface area (Å²) in [6.45, 7) is 1.78. The number of hydrogen-bond acceptors (Lipinski definition) is 4. The number of nitrogens with zero attached hydrogens (tertiary/aromatic N) is 4. The highest BCUT2D eigenvalue weighted by Crippen LogP contribution is 2.32. The van der Waals surface area contributed by atoms with Gasteiger partial charge in [-0.15, -0.1) is 0 Å². The molecule has 0 radical (unpaired) electrons. The van der Waals surface area contributed by atoms with Gasteiger partial charge in [-0.1, -0.05) is 18.6 Å². The van der Waals surface area contributed by atoms with E-state index in [1.165, 1.54) is 11.8 Å². The Bertz CT molecular complexity index is 885. The van der Waals surface area contributed by atoms with Gasteiger partial charge in [0.15, 0.2) is 0 Å². The Morgan fingerprint density at radius 2 is 2.23 bits per heavy atom. The Kier molecular flexibility index (Phi) is 4.53. The van der Waals surface area contributed by atoms with Crippen LogP contribution >= 0.6 is 0 Å². The molecule has 7 heteroatoms. The molecule has 7 nitrogen and oxygen atoms in total. The number of piperidine rings is 1. The molecule has 2 aromatic heterocycles. The molecule has 1 aliphatic heterocycles. The van der Waals surface area contributed by atoms with Crippen LogP contribution in [-0.4, -0.2) is 37.3 Å². The first-order valence-corrected chi connectivity index (χ1v) is 8.88. The fraction of sp³-hybridized carbons (Fsp3) is 0.316. The van der Waals surface area contributed by atoms with Gasteiger partial charge in [-0.25, -0.2) is 4.68 Å². The number of carbonyl (C=O) groups is 1. The van der Waals surface area contributed by atoms with Gasteiger partial charge in [-0.05, 0) is 43.1 Å². The van der Waals surface area contributed by atoms with Gasteiger partial charge in [0.25, 0.3) is 5.91 Å². The Morgan fingerprint density at radius 1 is 1.31 bits per heavy atom. The summed E-state index contributed by atoms with van der Waals surface area (Å²) in [6.07, 6.45) is 8.51. The van der Waals surface area contributed by atoms with Crippen LogP contribution in [0.1, 0.15) is 46.9 Å². The van der Waals surface area contributed by atoms with Crippen molar-refractivity contribution in [2.45, 2.75) is 31.8 Å². The molecule has 3 heterocycles. The van der Waals surface area contributed by atoms with Crippen molar-refractivity contribution < 1.29 is 4.79 Å². The van der Waals surface area contributed by atoms with Crippen molar-refractivity contribution in [1.29, 1.82) is 0 Å². The third kappa shape index (κ3) is 3.25. The number of likely N-dealkylation sites (tertiary alicyclic amines) is 1. The number of carbonyl (C=O) groups excluding carboxylic acids is 1. The summed E-state index contributed by atoms with van der Waals surface area (Å²) in [4.78, 5) is 14.1. The van der Waals surface area contributed by atoms with Gasteiger partial charge in [0.2, 0.25) is 0 Å². The third-order valence-corrected chi connectivity index (χ3v) is 4.95. The predicted octanol–water partition coefficient (Wildman–Crippen LogP) is 2.42. The first kappa shape index (κ1) is 16.5. The molecule has 134 valence electrons. The van der Waals surface area contributed by atoms with E-state index in [-0.39, 0.29) is 6.04 Å². The average Bonchev–Trinajstić information content (AvgIpc) is 3.34. The molecule has 0 saturated carbocycles. The second-order valence-corrected chi connectivity index (χ2v) is 6.66. The summed E-state index contributed by atoms with van der Waals surface area (Å²) in [7, 11) is 0. The highest BCUT2D eigenvalue weighted by Gasteiger charge is 2.28. The SMILES string of the molecule is NC(=O)c1cn[nH]c1C1CCCCN1Cc1cccc(-n2cccn2)c1. The molecule has 1 aliphatic rings. The number of nitrogens with two attached hydrogens (primary N) is 1. The number of primary amides is 1. The van der Waals surface area contributed by atoms with Gasteiger partial charge < -0.3 is 5.73 Å². The van der Waals surface area contributed by atoms with Crippen molar-refractivity contribution >= 4 is 5.91 Å². The van der Waals surface area contributed by atoms with Crippen molar-refractivity contribution in [3.8, 4) is 5.69 Å². The topological polar surface area (TPSA) is 92.8 Å². The van der Waals surface area contributed by atoms with Gasteiger partial charge in [0.05, 0.1) is 29.2 Å². The minimum atomic E-state index is -0.431. The van der Waals surface area contributed by atoms with Crippen molar-refractivity contribution in [3.63, 3.8) is 0 Å². The van der Waals surface area contributed by atoms with Crippen LogP contribution in [0.2, 0.25) is 0 Å². The van der Waals surface area contributed by atoms with E-state index in [1.54, 1.807) is 6.20 Å². The maximum absolute atomic E-state index is 11.7. The quantitative estimate of drug-likeness (QED) is 0.739. The first-order chi connectivity index (χ1) is 12.7. The number of H-pyrrole nitrogens is 1. The number of aromatic amines is 1. The molecule has 0 aliphatic carbocycles.